The third-order valence-electron chi connectivity index (χ3n) is 5.45. The van der Waals surface area contributed by atoms with E-state index in [9.17, 15) is 9.90 Å². The summed E-state index contributed by atoms with van der Waals surface area (Å²) < 4.78 is 11.3. The van der Waals surface area contributed by atoms with Crippen LogP contribution in [-0.4, -0.2) is 62.8 Å². The Morgan fingerprint density at radius 2 is 2.04 bits per heavy atom. The maximum atomic E-state index is 12.5. The maximum absolute atomic E-state index is 12.5. The van der Waals surface area contributed by atoms with Gasteiger partial charge in [-0.1, -0.05) is 30.4 Å². The SMILES string of the molecule is C/C=C\c1ccccc1OCC1C(O)C2(C(=O)OCC)CCN1CC2.[B]. The van der Waals surface area contributed by atoms with E-state index in [0.717, 1.165) is 24.4 Å². The van der Waals surface area contributed by atoms with Gasteiger partial charge in [0.2, 0.25) is 0 Å². The number of piperidine rings is 3. The molecule has 6 heteroatoms. The molecule has 3 heterocycles. The van der Waals surface area contributed by atoms with Crippen molar-refractivity contribution in [2.75, 3.05) is 26.3 Å². The van der Waals surface area contributed by atoms with Crippen LogP contribution in [0.25, 0.3) is 6.08 Å². The summed E-state index contributed by atoms with van der Waals surface area (Å²) in [6.45, 7) is 6.06. The van der Waals surface area contributed by atoms with Gasteiger partial charge in [-0.3, -0.25) is 9.69 Å². The third kappa shape index (κ3) is 3.67. The second-order valence-electron chi connectivity index (χ2n) is 6.77. The van der Waals surface area contributed by atoms with Crippen molar-refractivity contribution in [2.45, 2.75) is 38.8 Å². The minimum Gasteiger partial charge on any atom is -0.491 e. The van der Waals surface area contributed by atoms with Crippen LogP contribution in [0.15, 0.2) is 30.3 Å². The van der Waals surface area contributed by atoms with E-state index in [1.807, 2.05) is 43.3 Å². The second kappa shape index (κ2) is 8.74. The summed E-state index contributed by atoms with van der Waals surface area (Å²) in [5.74, 6) is 0.529. The van der Waals surface area contributed by atoms with Gasteiger partial charge in [0.15, 0.2) is 0 Å². The predicted octanol–water partition coefficient (Wildman–Crippen LogP) is 2.11. The fourth-order valence-corrected chi connectivity index (χ4v) is 4.02. The van der Waals surface area contributed by atoms with E-state index in [1.165, 1.54) is 0 Å². The van der Waals surface area contributed by atoms with Crippen LogP contribution in [0.2, 0.25) is 0 Å². The molecule has 0 aliphatic carbocycles. The first-order chi connectivity index (χ1) is 12.1. The van der Waals surface area contributed by atoms with Gasteiger partial charge >= 0.3 is 5.97 Å². The van der Waals surface area contributed by atoms with Crippen molar-refractivity contribution in [1.29, 1.82) is 0 Å². The molecule has 2 atom stereocenters. The minimum absolute atomic E-state index is 0. The average Bonchev–Trinajstić information content (AvgIpc) is 2.63. The molecule has 1 N–H and O–H groups in total. The number of hydrogen-bond acceptors (Lipinski definition) is 5. The van der Waals surface area contributed by atoms with Gasteiger partial charge in [0.05, 0.1) is 24.2 Å². The number of allylic oxidation sites excluding steroid dienone is 1. The molecule has 3 saturated heterocycles. The largest absolute Gasteiger partial charge is 0.491 e. The van der Waals surface area contributed by atoms with Crippen LogP contribution < -0.4 is 4.74 Å². The van der Waals surface area contributed by atoms with E-state index in [1.54, 1.807) is 6.92 Å². The number of fused-ring (bicyclic) bond motifs is 3. The van der Waals surface area contributed by atoms with Crippen LogP contribution in [0.3, 0.4) is 0 Å². The number of aliphatic hydroxyl groups excluding tert-OH is 1. The first kappa shape index (κ1) is 20.5. The van der Waals surface area contributed by atoms with E-state index in [2.05, 4.69) is 4.90 Å². The molecule has 2 unspecified atom stereocenters. The van der Waals surface area contributed by atoms with Crippen molar-refractivity contribution in [3.8, 4) is 5.75 Å². The number of esters is 1. The van der Waals surface area contributed by atoms with Crippen molar-refractivity contribution in [3.05, 3.63) is 35.9 Å². The Labute approximate surface area is 157 Å². The normalized spacial score (nSPS) is 30.0. The highest BCUT2D eigenvalue weighted by molar-refractivity contribution is 5.78. The van der Waals surface area contributed by atoms with Crippen LogP contribution in [-0.2, 0) is 9.53 Å². The van der Waals surface area contributed by atoms with E-state index < -0.39 is 11.5 Å². The van der Waals surface area contributed by atoms with Gasteiger partial charge in [-0.2, -0.15) is 0 Å². The quantitative estimate of drug-likeness (QED) is 0.625. The second-order valence-corrected chi connectivity index (χ2v) is 6.77. The summed E-state index contributed by atoms with van der Waals surface area (Å²) in [4.78, 5) is 14.7. The van der Waals surface area contributed by atoms with Crippen LogP contribution in [0.1, 0.15) is 32.3 Å². The Kier molecular flexibility index (Phi) is 6.90. The minimum atomic E-state index is -0.776. The number of para-hydroxylation sites is 1. The van der Waals surface area contributed by atoms with Crippen LogP contribution >= 0.6 is 0 Å². The Morgan fingerprint density at radius 1 is 1.35 bits per heavy atom. The number of aliphatic hydroxyl groups is 1. The van der Waals surface area contributed by atoms with Crippen molar-refractivity contribution in [2.24, 2.45) is 5.41 Å². The number of benzene rings is 1. The van der Waals surface area contributed by atoms with E-state index in [0.29, 0.717) is 26.1 Å². The molecule has 0 amide bonds. The summed E-state index contributed by atoms with van der Waals surface area (Å²) in [5.41, 5.74) is 0.234. The van der Waals surface area contributed by atoms with Crippen LogP contribution in [0, 0.1) is 5.41 Å². The van der Waals surface area contributed by atoms with Gasteiger partial charge in [-0.25, -0.2) is 0 Å². The topological polar surface area (TPSA) is 59.0 Å². The molecule has 3 fully saturated rings. The zero-order valence-corrected chi connectivity index (χ0v) is 15.6. The Balaban J connectivity index is 0.00000243. The standard InChI is InChI=1S/C20H27NO4.B/c1-3-7-15-8-5-6-9-17(15)25-14-16-18(22)20(19(23)24-4-2)10-12-21(16)13-11-20;/h3,5-9,16,18,22H,4,10-14H2,1-2H3;/b7-3-;. The molecule has 0 saturated carbocycles. The maximum Gasteiger partial charge on any atom is 0.314 e. The smallest absolute Gasteiger partial charge is 0.314 e. The Hall–Kier alpha value is -1.79. The molecular formula is C20H27BNO4. The van der Waals surface area contributed by atoms with E-state index in [4.69, 9.17) is 9.47 Å². The zero-order chi connectivity index (χ0) is 17.9. The van der Waals surface area contributed by atoms with Crippen molar-refractivity contribution < 1.29 is 19.4 Å². The first-order valence-corrected chi connectivity index (χ1v) is 9.06. The Bertz CT molecular complexity index is 640. The average molecular weight is 356 g/mol. The molecule has 0 aromatic heterocycles. The number of nitrogens with zero attached hydrogens (tertiary/aromatic N) is 1. The van der Waals surface area contributed by atoms with Gasteiger partial charge in [0.1, 0.15) is 12.4 Å². The fraction of sp³-hybridized carbons (Fsp3) is 0.550. The van der Waals surface area contributed by atoms with E-state index in [-0.39, 0.29) is 20.4 Å². The van der Waals surface area contributed by atoms with Gasteiger partial charge in [-0.05, 0) is 45.8 Å². The molecule has 3 aliphatic heterocycles. The monoisotopic (exact) mass is 356 g/mol. The zero-order valence-electron chi connectivity index (χ0n) is 15.6. The molecule has 0 spiro atoms. The molecule has 4 rings (SSSR count). The molecule has 139 valence electrons. The highest BCUT2D eigenvalue weighted by atomic mass is 16.5. The summed E-state index contributed by atoms with van der Waals surface area (Å²) >= 11 is 0. The fourth-order valence-electron chi connectivity index (χ4n) is 4.02. The molecular weight excluding hydrogens is 329 g/mol. The highest BCUT2D eigenvalue weighted by Crippen LogP contribution is 2.44. The summed E-state index contributed by atoms with van der Waals surface area (Å²) in [5, 5.41) is 10.9. The van der Waals surface area contributed by atoms with Gasteiger partial charge in [0.25, 0.3) is 0 Å². The number of carbonyl (C=O) groups excluding carboxylic acids is 1. The van der Waals surface area contributed by atoms with Crippen LogP contribution in [0.5, 0.6) is 5.75 Å². The molecule has 3 radical (unpaired) electrons. The number of carbonyl (C=O) groups is 1. The van der Waals surface area contributed by atoms with E-state index >= 15 is 0 Å². The third-order valence-corrected chi connectivity index (χ3v) is 5.45. The lowest BCUT2D eigenvalue weighted by Gasteiger charge is -2.54. The van der Waals surface area contributed by atoms with Gasteiger partial charge in [-0.15, -0.1) is 0 Å². The summed E-state index contributed by atoms with van der Waals surface area (Å²) in [7, 11) is 0. The van der Waals surface area contributed by atoms with Gasteiger partial charge < -0.3 is 14.6 Å². The van der Waals surface area contributed by atoms with Crippen molar-refractivity contribution in [3.63, 3.8) is 0 Å². The highest BCUT2D eigenvalue weighted by Gasteiger charge is 2.57. The number of ether oxygens (including phenoxy) is 2. The molecule has 5 nitrogen and oxygen atoms in total. The lowest BCUT2D eigenvalue weighted by atomic mass is 9.67. The Morgan fingerprint density at radius 3 is 2.69 bits per heavy atom. The number of hydrogen-bond donors (Lipinski definition) is 1. The summed E-state index contributed by atoms with van der Waals surface area (Å²) in [6, 6.07) is 7.65. The molecule has 2 bridgehead atoms. The summed E-state index contributed by atoms with van der Waals surface area (Å²) in [6.07, 6.45) is 4.51. The van der Waals surface area contributed by atoms with Gasteiger partial charge in [0, 0.05) is 14.0 Å². The molecule has 1 aromatic rings. The number of rotatable bonds is 6. The predicted molar refractivity (Wildman–Crippen MR) is 102 cm³/mol. The van der Waals surface area contributed by atoms with Crippen molar-refractivity contribution in [1.82, 2.24) is 4.90 Å². The molecule has 26 heavy (non-hydrogen) atoms. The van der Waals surface area contributed by atoms with Crippen molar-refractivity contribution >= 4 is 20.5 Å². The molecule has 1 aromatic carbocycles. The van der Waals surface area contributed by atoms with Crippen LogP contribution in [0.4, 0.5) is 0 Å². The lowest BCUT2D eigenvalue weighted by molar-refractivity contribution is -0.190. The first-order valence-electron chi connectivity index (χ1n) is 9.06. The molecule has 3 aliphatic rings. The lowest BCUT2D eigenvalue weighted by Crippen LogP contribution is -2.67.